The van der Waals surface area contributed by atoms with Gasteiger partial charge in [0.15, 0.2) is 18.0 Å². The fourth-order valence-corrected chi connectivity index (χ4v) is 5.09. The second-order valence-electron chi connectivity index (χ2n) is 11.1. The summed E-state index contributed by atoms with van der Waals surface area (Å²) in [6.07, 6.45) is -6.41. The molecule has 1 aromatic heterocycles. The fourth-order valence-electron chi connectivity index (χ4n) is 5.09. The molecular weight excluding hydrogens is 588 g/mol. The summed E-state index contributed by atoms with van der Waals surface area (Å²) < 4.78 is 40.0. The first kappa shape index (κ1) is 33.2. The van der Waals surface area contributed by atoms with Crippen LogP contribution in [0.1, 0.15) is 47.1 Å². The molecule has 0 radical (unpaired) electrons. The molecule has 1 saturated heterocycles. The molecule has 0 bridgehead atoms. The first-order chi connectivity index (χ1) is 21.3. The van der Waals surface area contributed by atoms with Gasteiger partial charge < -0.3 is 32.8 Å². The lowest BCUT2D eigenvalue weighted by Crippen LogP contribution is -2.63. The summed E-state index contributed by atoms with van der Waals surface area (Å²) in [5, 5.41) is 0.207. The van der Waals surface area contributed by atoms with Crippen molar-refractivity contribution in [1.29, 1.82) is 0 Å². The Bertz CT molecular complexity index is 1610. The van der Waals surface area contributed by atoms with Gasteiger partial charge in [-0.3, -0.25) is 24.0 Å². The monoisotopic (exact) mass is 624 g/mol. The molecule has 45 heavy (non-hydrogen) atoms. The van der Waals surface area contributed by atoms with Crippen LogP contribution in [0.3, 0.4) is 0 Å². The van der Waals surface area contributed by atoms with Crippen molar-refractivity contribution in [3.05, 3.63) is 64.3 Å². The van der Waals surface area contributed by atoms with E-state index in [1.165, 1.54) is 6.92 Å². The zero-order chi connectivity index (χ0) is 32.8. The van der Waals surface area contributed by atoms with Gasteiger partial charge in [-0.15, -0.1) is 0 Å². The van der Waals surface area contributed by atoms with E-state index in [-0.39, 0.29) is 16.9 Å². The zero-order valence-corrected chi connectivity index (χ0v) is 25.9. The standard InChI is InChI=1S/C33H36O12/c1-17(2)15-22-11-13-23(14-12-22)28-30(27(38)24-9-7-8-10-25(24)43-28)45-33-32(42-21(6)37)31(41-20(5)36)29(40-19(4)35)26(44-33)16-39-18(3)34/h7-14,17,26,29,31-33H,15-16H2,1-6H3/t26-,29-,31+,32-,33+/m1/s1. The quantitative estimate of drug-likeness (QED) is 0.235. The summed E-state index contributed by atoms with van der Waals surface area (Å²) in [7, 11) is 0. The fraction of sp³-hybridized carbons (Fsp3) is 0.424. The van der Waals surface area contributed by atoms with E-state index in [0.717, 1.165) is 32.8 Å². The highest BCUT2D eigenvalue weighted by Gasteiger charge is 2.53. The van der Waals surface area contributed by atoms with Crippen LogP contribution in [0.15, 0.2) is 57.7 Å². The Kier molecular flexibility index (Phi) is 10.6. The molecule has 1 fully saturated rings. The maximum Gasteiger partial charge on any atom is 0.303 e. The molecule has 12 heteroatoms. The van der Waals surface area contributed by atoms with Crippen LogP contribution in [-0.4, -0.2) is 61.2 Å². The number of benzene rings is 2. The minimum atomic E-state index is -1.62. The van der Waals surface area contributed by atoms with E-state index in [4.69, 9.17) is 32.8 Å². The normalized spacial score (nSPS) is 21.2. The van der Waals surface area contributed by atoms with Gasteiger partial charge in [-0.25, -0.2) is 0 Å². The van der Waals surface area contributed by atoms with Crippen LogP contribution in [0.4, 0.5) is 0 Å². The molecule has 12 nitrogen and oxygen atoms in total. The van der Waals surface area contributed by atoms with E-state index in [1.54, 1.807) is 36.4 Å². The van der Waals surface area contributed by atoms with Crippen molar-refractivity contribution in [2.75, 3.05) is 6.61 Å². The van der Waals surface area contributed by atoms with E-state index in [0.29, 0.717) is 17.1 Å². The van der Waals surface area contributed by atoms with Crippen molar-refractivity contribution in [3.63, 3.8) is 0 Å². The summed E-state index contributed by atoms with van der Waals surface area (Å²) in [4.78, 5) is 62.2. The molecule has 0 N–H and O–H groups in total. The predicted molar refractivity (Wildman–Crippen MR) is 159 cm³/mol. The topological polar surface area (TPSA) is 154 Å². The Hall–Kier alpha value is -4.71. The molecule has 0 unspecified atom stereocenters. The lowest BCUT2D eigenvalue weighted by atomic mass is 9.98. The van der Waals surface area contributed by atoms with Crippen LogP contribution in [0.25, 0.3) is 22.3 Å². The number of hydrogen-bond donors (Lipinski definition) is 0. The lowest BCUT2D eigenvalue weighted by molar-refractivity contribution is -0.288. The van der Waals surface area contributed by atoms with E-state index >= 15 is 0 Å². The van der Waals surface area contributed by atoms with Crippen molar-refractivity contribution in [2.24, 2.45) is 5.92 Å². The number of carbonyl (C=O) groups excluding carboxylic acids is 4. The van der Waals surface area contributed by atoms with Gasteiger partial charge in [-0.05, 0) is 30.0 Å². The summed E-state index contributed by atoms with van der Waals surface area (Å²) in [6, 6.07) is 14.0. The average molecular weight is 625 g/mol. The molecule has 0 saturated carbocycles. The van der Waals surface area contributed by atoms with Crippen LogP contribution in [0.5, 0.6) is 5.75 Å². The van der Waals surface area contributed by atoms with E-state index in [9.17, 15) is 24.0 Å². The van der Waals surface area contributed by atoms with Crippen LogP contribution in [-0.2, 0) is 49.3 Å². The van der Waals surface area contributed by atoms with Gasteiger partial charge in [0.25, 0.3) is 0 Å². The molecule has 3 aromatic rings. The Balaban J connectivity index is 1.86. The first-order valence-electron chi connectivity index (χ1n) is 14.5. The third kappa shape index (κ3) is 8.27. The second-order valence-corrected chi connectivity index (χ2v) is 11.1. The molecule has 4 rings (SSSR count). The highest BCUT2D eigenvalue weighted by atomic mass is 16.7. The van der Waals surface area contributed by atoms with Crippen LogP contribution >= 0.6 is 0 Å². The van der Waals surface area contributed by atoms with Crippen LogP contribution in [0, 0.1) is 5.92 Å². The predicted octanol–water partition coefficient (Wildman–Crippen LogP) is 4.12. The van der Waals surface area contributed by atoms with Gasteiger partial charge in [0.2, 0.25) is 23.6 Å². The zero-order valence-electron chi connectivity index (χ0n) is 25.9. The van der Waals surface area contributed by atoms with E-state index in [2.05, 4.69) is 13.8 Å². The van der Waals surface area contributed by atoms with Gasteiger partial charge in [0.1, 0.15) is 18.3 Å². The molecule has 0 spiro atoms. The number of hydrogen-bond acceptors (Lipinski definition) is 12. The summed E-state index contributed by atoms with van der Waals surface area (Å²) >= 11 is 0. The van der Waals surface area contributed by atoms with Crippen molar-refractivity contribution in [1.82, 2.24) is 0 Å². The Morgan fingerprint density at radius 2 is 1.38 bits per heavy atom. The molecule has 1 aliphatic rings. The van der Waals surface area contributed by atoms with Crippen molar-refractivity contribution in [2.45, 2.75) is 78.7 Å². The average Bonchev–Trinajstić information content (AvgIpc) is 2.96. The molecule has 2 aromatic carbocycles. The summed E-state index contributed by atoms with van der Waals surface area (Å²) in [5.74, 6) is -2.81. The Morgan fingerprint density at radius 1 is 0.778 bits per heavy atom. The molecule has 0 aliphatic carbocycles. The molecule has 5 atom stereocenters. The summed E-state index contributed by atoms with van der Waals surface area (Å²) in [6.45, 7) is 8.28. The first-order valence-corrected chi connectivity index (χ1v) is 14.5. The Labute approximate surface area is 259 Å². The number of fused-ring (bicyclic) bond motifs is 1. The second kappa shape index (κ2) is 14.4. The SMILES string of the molecule is CC(=O)OC[C@H]1O[C@@H](Oc2c(-c3ccc(CC(C)C)cc3)oc3ccccc3c2=O)[C@H](OC(C)=O)[C@@H](OC(C)=O)[C@@H]1OC(C)=O. The van der Waals surface area contributed by atoms with Gasteiger partial charge in [0.05, 0.1) is 5.39 Å². The number of carbonyl (C=O) groups is 4. The number of ether oxygens (including phenoxy) is 6. The largest absolute Gasteiger partial charge is 0.463 e. The summed E-state index contributed by atoms with van der Waals surface area (Å²) in [5.41, 5.74) is 1.36. The van der Waals surface area contributed by atoms with Gasteiger partial charge in [-0.2, -0.15) is 0 Å². The molecule has 240 valence electrons. The smallest absolute Gasteiger partial charge is 0.303 e. The third-order valence-electron chi connectivity index (χ3n) is 6.80. The molecule has 1 aliphatic heterocycles. The van der Waals surface area contributed by atoms with Crippen LogP contribution in [0.2, 0.25) is 0 Å². The molecular formula is C33H36O12. The number of esters is 4. The number of para-hydroxylation sites is 1. The van der Waals surface area contributed by atoms with Gasteiger partial charge >= 0.3 is 23.9 Å². The minimum absolute atomic E-state index is 0.0719. The number of rotatable bonds is 10. The maximum atomic E-state index is 13.9. The minimum Gasteiger partial charge on any atom is -0.463 e. The van der Waals surface area contributed by atoms with Gasteiger partial charge in [0, 0.05) is 33.3 Å². The molecule has 0 amide bonds. The van der Waals surface area contributed by atoms with Crippen molar-refractivity contribution in [3.8, 4) is 17.1 Å². The van der Waals surface area contributed by atoms with Crippen molar-refractivity contribution < 1.29 is 52.0 Å². The van der Waals surface area contributed by atoms with E-state index in [1.807, 2.05) is 12.1 Å². The molecule has 2 heterocycles. The highest BCUT2D eigenvalue weighted by Crippen LogP contribution is 2.35. The van der Waals surface area contributed by atoms with Crippen LogP contribution < -0.4 is 10.2 Å². The highest BCUT2D eigenvalue weighted by molar-refractivity contribution is 5.82. The third-order valence-corrected chi connectivity index (χ3v) is 6.80. The van der Waals surface area contributed by atoms with Crippen molar-refractivity contribution >= 4 is 34.8 Å². The van der Waals surface area contributed by atoms with Gasteiger partial charge in [-0.1, -0.05) is 50.2 Å². The Morgan fingerprint density at radius 3 is 1.98 bits per heavy atom. The maximum absolute atomic E-state index is 13.9. The van der Waals surface area contributed by atoms with E-state index < -0.39 is 66.6 Å². The lowest BCUT2D eigenvalue weighted by Gasteiger charge is -2.43.